The van der Waals surface area contributed by atoms with Gasteiger partial charge < -0.3 is 14.6 Å². The summed E-state index contributed by atoms with van der Waals surface area (Å²) in [5.74, 6) is 1.73. The molecular weight excluding hydrogens is 298 g/mol. The lowest BCUT2D eigenvalue weighted by Gasteiger charge is -2.11. The van der Waals surface area contributed by atoms with Crippen LogP contribution in [-0.4, -0.2) is 16.7 Å². The van der Waals surface area contributed by atoms with Gasteiger partial charge in [0.25, 0.3) is 0 Å². The first kappa shape index (κ1) is 16.4. The van der Waals surface area contributed by atoms with Gasteiger partial charge in [-0.1, -0.05) is 44.4 Å². The molecule has 0 saturated carbocycles. The molecule has 0 bridgehead atoms. The number of aromatic nitrogens is 2. The van der Waals surface area contributed by atoms with Crippen molar-refractivity contribution in [3.63, 3.8) is 0 Å². The average Bonchev–Trinajstić information content (AvgIpc) is 2.96. The van der Waals surface area contributed by atoms with Crippen LogP contribution in [0.3, 0.4) is 0 Å². The van der Waals surface area contributed by atoms with Crippen LogP contribution in [-0.2, 0) is 6.54 Å². The zero-order valence-corrected chi connectivity index (χ0v) is 14.5. The van der Waals surface area contributed by atoms with Crippen molar-refractivity contribution in [1.29, 1.82) is 0 Å². The summed E-state index contributed by atoms with van der Waals surface area (Å²) in [6.07, 6.45) is 4.95. The smallest absolute Gasteiger partial charge is 0.208 e. The molecule has 0 amide bonds. The fraction of sp³-hybridized carbons (Fsp3) is 0.350. The number of imidazole rings is 1. The minimum atomic E-state index is 0.839. The van der Waals surface area contributed by atoms with Crippen molar-refractivity contribution >= 4 is 22.7 Å². The number of anilines is 2. The van der Waals surface area contributed by atoms with Gasteiger partial charge in [-0.3, -0.25) is 0 Å². The largest absolute Gasteiger partial charge is 0.497 e. The van der Waals surface area contributed by atoms with E-state index >= 15 is 0 Å². The molecule has 2 aromatic carbocycles. The van der Waals surface area contributed by atoms with Gasteiger partial charge in [0.15, 0.2) is 0 Å². The van der Waals surface area contributed by atoms with Crippen molar-refractivity contribution in [1.82, 2.24) is 9.55 Å². The van der Waals surface area contributed by atoms with E-state index in [4.69, 9.17) is 9.72 Å². The number of nitrogens with one attached hydrogen (secondary N) is 1. The van der Waals surface area contributed by atoms with Crippen LogP contribution in [0.5, 0.6) is 5.75 Å². The van der Waals surface area contributed by atoms with Crippen LogP contribution in [0.4, 0.5) is 11.6 Å². The van der Waals surface area contributed by atoms with E-state index in [2.05, 4.69) is 35.0 Å². The Hall–Kier alpha value is -2.49. The average molecular weight is 323 g/mol. The zero-order valence-electron chi connectivity index (χ0n) is 14.5. The zero-order chi connectivity index (χ0) is 16.8. The molecule has 4 heteroatoms. The summed E-state index contributed by atoms with van der Waals surface area (Å²) in [5.41, 5.74) is 3.19. The number of methoxy groups -OCH3 is 1. The molecule has 0 atom stereocenters. The summed E-state index contributed by atoms with van der Waals surface area (Å²) in [6, 6.07) is 16.2. The molecule has 1 heterocycles. The molecule has 3 aromatic rings. The highest BCUT2D eigenvalue weighted by Crippen LogP contribution is 2.25. The van der Waals surface area contributed by atoms with Crippen LogP contribution < -0.4 is 10.1 Å². The van der Waals surface area contributed by atoms with E-state index in [0.717, 1.165) is 29.4 Å². The molecule has 0 radical (unpaired) electrons. The number of benzene rings is 2. The molecule has 0 aliphatic heterocycles. The topological polar surface area (TPSA) is 39.1 Å². The Labute approximate surface area is 143 Å². The van der Waals surface area contributed by atoms with Gasteiger partial charge in [0.05, 0.1) is 18.1 Å². The summed E-state index contributed by atoms with van der Waals surface area (Å²) in [5, 5.41) is 3.45. The van der Waals surface area contributed by atoms with Crippen molar-refractivity contribution in [2.75, 3.05) is 12.4 Å². The van der Waals surface area contributed by atoms with Gasteiger partial charge in [-0.05, 0) is 30.7 Å². The van der Waals surface area contributed by atoms with Gasteiger partial charge in [-0.25, -0.2) is 4.98 Å². The predicted octanol–water partition coefficient (Wildman–Crippen LogP) is 5.37. The minimum absolute atomic E-state index is 0.839. The Morgan fingerprint density at radius 2 is 1.92 bits per heavy atom. The molecule has 1 N–H and O–H groups in total. The number of hydrogen-bond acceptors (Lipinski definition) is 3. The van der Waals surface area contributed by atoms with Crippen LogP contribution in [0, 0.1) is 0 Å². The van der Waals surface area contributed by atoms with E-state index in [1.165, 1.54) is 31.2 Å². The monoisotopic (exact) mass is 323 g/mol. The van der Waals surface area contributed by atoms with Gasteiger partial charge in [0.2, 0.25) is 5.95 Å². The van der Waals surface area contributed by atoms with Crippen molar-refractivity contribution in [2.24, 2.45) is 0 Å². The Bertz CT molecular complexity index is 794. The number of hydrogen-bond donors (Lipinski definition) is 1. The number of nitrogens with zero attached hydrogens (tertiary/aromatic N) is 2. The summed E-state index contributed by atoms with van der Waals surface area (Å²) in [4.78, 5) is 4.77. The Morgan fingerprint density at radius 1 is 1.04 bits per heavy atom. The Kier molecular flexibility index (Phi) is 5.36. The van der Waals surface area contributed by atoms with Crippen molar-refractivity contribution in [3.05, 3.63) is 48.5 Å². The standard InChI is InChI=1S/C20H25N3O/c1-3-4-5-8-14-23-19-13-7-6-12-18(19)22-20(23)21-16-10-9-11-17(15-16)24-2/h6-7,9-13,15H,3-5,8,14H2,1-2H3,(H,21,22). The quantitative estimate of drug-likeness (QED) is 0.566. The second kappa shape index (κ2) is 7.86. The molecule has 24 heavy (non-hydrogen) atoms. The van der Waals surface area contributed by atoms with Gasteiger partial charge in [0, 0.05) is 18.3 Å². The number of para-hydroxylation sites is 2. The van der Waals surface area contributed by atoms with Crippen LogP contribution in [0.15, 0.2) is 48.5 Å². The van der Waals surface area contributed by atoms with Gasteiger partial charge in [-0.2, -0.15) is 0 Å². The lowest BCUT2D eigenvalue weighted by Crippen LogP contribution is -2.04. The van der Waals surface area contributed by atoms with Crippen molar-refractivity contribution in [2.45, 2.75) is 39.2 Å². The maximum Gasteiger partial charge on any atom is 0.208 e. The fourth-order valence-corrected chi connectivity index (χ4v) is 2.92. The summed E-state index contributed by atoms with van der Waals surface area (Å²) < 4.78 is 7.59. The molecule has 4 nitrogen and oxygen atoms in total. The van der Waals surface area contributed by atoms with Crippen LogP contribution in [0.1, 0.15) is 32.6 Å². The number of ether oxygens (including phenoxy) is 1. The third-order valence-corrected chi connectivity index (χ3v) is 4.22. The van der Waals surface area contributed by atoms with E-state index in [9.17, 15) is 0 Å². The number of fused-ring (bicyclic) bond motifs is 1. The van der Waals surface area contributed by atoms with Crippen LogP contribution >= 0.6 is 0 Å². The number of unbranched alkanes of at least 4 members (excludes halogenated alkanes) is 3. The molecule has 0 aliphatic carbocycles. The van der Waals surface area contributed by atoms with E-state index in [1.54, 1.807) is 7.11 Å². The molecule has 0 spiro atoms. The minimum Gasteiger partial charge on any atom is -0.497 e. The van der Waals surface area contributed by atoms with E-state index < -0.39 is 0 Å². The maximum atomic E-state index is 5.31. The summed E-state index contributed by atoms with van der Waals surface area (Å²) >= 11 is 0. The molecule has 1 aromatic heterocycles. The first-order valence-electron chi connectivity index (χ1n) is 8.68. The highest BCUT2D eigenvalue weighted by atomic mass is 16.5. The lowest BCUT2D eigenvalue weighted by molar-refractivity contribution is 0.415. The van der Waals surface area contributed by atoms with Gasteiger partial charge >= 0.3 is 0 Å². The molecule has 126 valence electrons. The first-order chi connectivity index (χ1) is 11.8. The highest BCUT2D eigenvalue weighted by molar-refractivity contribution is 5.79. The molecule has 3 rings (SSSR count). The number of aryl methyl sites for hydroxylation is 1. The fourth-order valence-electron chi connectivity index (χ4n) is 2.92. The molecular formula is C20H25N3O. The molecule has 0 fully saturated rings. The normalized spacial score (nSPS) is 10.9. The first-order valence-corrected chi connectivity index (χ1v) is 8.68. The number of rotatable bonds is 8. The van der Waals surface area contributed by atoms with Crippen molar-refractivity contribution < 1.29 is 4.74 Å². The molecule has 0 aliphatic rings. The Balaban J connectivity index is 1.87. The molecule has 0 saturated heterocycles. The SMILES string of the molecule is CCCCCCn1c(Nc2cccc(OC)c2)nc2ccccc21. The van der Waals surface area contributed by atoms with Gasteiger partial charge in [-0.15, -0.1) is 0 Å². The predicted molar refractivity (Wildman–Crippen MR) is 100 cm³/mol. The second-order valence-corrected chi connectivity index (χ2v) is 5.99. The third kappa shape index (κ3) is 3.70. The summed E-state index contributed by atoms with van der Waals surface area (Å²) in [7, 11) is 1.68. The van der Waals surface area contributed by atoms with Gasteiger partial charge in [0.1, 0.15) is 5.75 Å². The van der Waals surface area contributed by atoms with Crippen molar-refractivity contribution in [3.8, 4) is 5.75 Å². The third-order valence-electron chi connectivity index (χ3n) is 4.22. The van der Waals surface area contributed by atoms with Crippen LogP contribution in [0.2, 0.25) is 0 Å². The lowest BCUT2D eigenvalue weighted by atomic mass is 10.2. The van der Waals surface area contributed by atoms with Crippen LogP contribution in [0.25, 0.3) is 11.0 Å². The Morgan fingerprint density at radius 3 is 2.75 bits per heavy atom. The molecule has 0 unspecified atom stereocenters. The highest BCUT2D eigenvalue weighted by Gasteiger charge is 2.10. The van der Waals surface area contributed by atoms with E-state index in [-0.39, 0.29) is 0 Å². The van der Waals surface area contributed by atoms with E-state index in [1.807, 2.05) is 30.3 Å². The second-order valence-electron chi connectivity index (χ2n) is 5.99. The maximum absolute atomic E-state index is 5.31. The summed E-state index contributed by atoms with van der Waals surface area (Å²) in [6.45, 7) is 3.22. The van der Waals surface area contributed by atoms with E-state index in [0.29, 0.717) is 0 Å².